The Kier molecular flexibility index (Phi) is 11.0. The quantitative estimate of drug-likeness (QED) is 0.0820. The summed E-state index contributed by atoms with van der Waals surface area (Å²) in [5, 5.41) is 0. The summed E-state index contributed by atoms with van der Waals surface area (Å²) in [7, 11) is 0. The van der Waals surface area contributed by atoms with Gasteiger partial charge in [0.05, 0.1) is 22.4 Å². The van der Waals surface area contributed by atoms with Crippen LogP contribution in [0.3, 0.4) is 0 Å². The minimum atomic E-state index is -0.224. The summed E-state index contributed by atoms with van der Waals surface area (Å²) in [4.78, 5) is 9.65. The van der Waals surface area contributed by atoms with E-state index in [1.807, 2.05) is 42.6 Å². The number of para-hydroxylation sites is 4. The molecule has 0 N–H and O–H groups in total. The van der Waals surface area contributed by atoms with E-state index in [-0.39, 0.29) is 28.0 Å². The summed E-state index contributed by atoms with van der Waals surface area (Å²) in [6.07, 6.45) is 5.62. The molecule has 0 saturated heterocycles. The van der Waals surface area contributed by atoms with Crippen molar-refractivity contribution in [1.82, 2.24) is 9.55 Å². The van der Waals surface area contributed by atoms with Crippen molar-refractivity contribution in [2.24, 2.45) is 0 Å². The molecule has 1 aliphatic heterocycles. The number of ether oxygens (including phenoxy) is 1. The van der Waals surface area contributed by atoms with Gasteiger partial charge in [-0.1, -0.05) is 156 Å². The van der Waals surface area contributed by atoms with E-state index in [0.29, 0.717) is 11.5 Å². The first-order chi connectivity index (χ1) is 31.1. The number of rotatable bonds is 9. The molecular weight excluding hydrogens is 965 g/mol. The topological polar surface area (TPSA) is 37.4 Å². The average molecular weight is 1000 g/mol. The van der Waals surface area contributed by atoms with Gasteiger partial charge in [-0.25, -0.2) is 4.98 Å². The zero-order chi connectivity index (χ0) is 42.3. The Balaban J connectivity index is 0.00000484. The first-order valence-electron chi connectivity index (χ1n) is 21.2. The van der Waals surface area contributed by atoms with Gasteiger partial charge in [-0.15, -0.1) is 30.3 Å². The molecule has 0 aliphatic carbocycles. The second-order valence-electron chi connectivity index (χ2n) is 15.7. The molecule has 310 valence electrons. The average Bonchev–Trinajstić information content (AvgIpc) is 3.89. The Bertz CT molecular complexity index is 3190. The second-order valence-corrected chi connectivity index (χ2v) is 15.7. The fourth-order valence-corrected chi connectivity index (χ4v) is 9.00. The van der Waals surface area contributed by atoms with Gasteiger partial charge in [0.15, 0.2) is 0 Å². The van der Waals surface area contributed by atoms with Crippen molar-refractivity contribution in [2.45, 2.75) is 13.8 Å². The van der Waals surface area contributed by atoms with E-state index in [4.69, 9.17) is 9.72 Å². The molecule has 8 heteroatoms. The monoisotopic (exact) mass is 1000 g/mol. The maximum absolute atomic E-state index is 6.68. The molecule has 0 spiro atoms. The van der Waals surface area contributed by atoms with Crippen LogP contribution in [0.2, 0.25) is 0 Å². The smallest absolute Gasteiger partial charge is 0.420 e. The molecule has 3 heterocycles. The van der Waals surface area contributed by atoms with Gasteiger partial charge < -0.3 is 18.9 Å². The first-order valence-corrected chi connectivity index (χ1v) is 21.2. The number of anilines is 4. The molecule has 2 aromatic heterocycles. The van der Waals surface area contributed by atoms with Gasteiger partial charge in [0, 0.05) is 44.4 Å². The van der Waals surface area contributed by atoms with Crippen molar-refractivity contribution in [1.29, 1.82) is 0 Å². The van der Waals surface area contributed by atoms with Gasteiger partial charge in [-0.2, -0.15) is 18.2 Å². The molecule has 10 aromatic rings. The van der Waals surface area contributed by atoms with Crippen molar-refractivity contribution >= 4 is 46.4 Å². The van der Waals surface area contributed by atoms with Crippen LogP contribution in [0.1, 0.15) is 11.1 Å². The molecule has 0 atom stereocenters. The number of nitrogens with zero attached hydrogens (tertiary/aromatic N) is 5. The Morgan fingerprint density at radius 2 is 1.09 bits per heavy atom. The minimum Gasteiger partial charge on any atom is -0.510 e. The molecule has 0 bridgehead atoms. The maximum Gasteiger partial charge on any atom is 0.420 e. The van der Waals surface area contributed by atoms with Crippen molar-refractivity contribution in [2.75, 3.05) is 9.62 Å². The Morgan fingerprint density at radius 3 is 1.77 bits per heavy atom. The predicted octanol–water partition coefficient (Wildman–Crippen LogP) is 12.1. The third kappa shape index (κ3) is 7.28. The van der Waals surface area contributed by atoms with E-state index in [1.165, 1.54) is 16.6 Å². The zero-order valence-corrected chi connectivity index (χ0v) is 37.4. The number of fused-ring (bicyclic) bond motifs is 2. The third-order valence-electron chi connectivity index (χ3n) is 11.8. The molecule has 11 rings (SSSR count). The Hall–Kier alpha value is -7.47. The fourth-order valence-electron chi connectivity index (χ4n) is 9.00. The molecule has 1 aliphatic rings. The minimum absolute atomic E-state index is 0. The largest absolute Gasteiger partial charge is 0.510 e. The summed E-state index contributed by atoms with van der Waals surface area (Å²) in [6.45, 7) is 4.14. The van der Waals surface area contributed by atoms with E-state index < -0.39 is 0 Å². The molecule has 64 heavy (non-hydrogen) atoms. The number of benzene rings is 8. The van der Waals surface area contributed by atoms with Gasteiger partial charge >= 0.3 is 6.98 Å². The number of aryl methyl sites for hydroxylation is 2. The number of pyridine rings is 1. The summed E-state index contributed by atoms with van der Waals surface area (Å²) in [6, 6.07) is 76.5. The third-order valence-corrected chi connectivity index (χ3v) is 11.8. The molecule has 0 amide bonds. The fraction of sp³-hybridized carbons (Fsp3) is 0.0357. The van der Waals surface area contributed by atoms with Crippen LogP contribution in [0.5, 0.6) is 11.5 Å². The molecule has 0 saturated carbocycles. The number of hydrogen-bond acceptors (Lipinski definition) is 4. The van der Waals surface area contributed by atoms with Crippen LogP contribution >= 0.6 is 0 Å². The van der Waals surface area contributed by atoms with Crippen LogP contribution in [0.25, 0.3) is 44.7 Å². The van der Waals surface area contributed by atoms with Crippen LogP contribution < -0.4 is 24.4 Å². The van der Waals surface area contributed by atoms with Crippen LogP contribution in [-0.4, -0.2) is 16.5 Å². The summed E-state index contributed by atoms with van der Waals surface area (Å²) >= 11 is 0. The van der Waals surface area contributed by atoms with Gasteiger partial charge in [-0.3, -0.25) is 4.57 Å². The molecule has 8 aromatic carbocycles. The van der Waals surface area contributed by atoms with Gasteiger partial charge in [0.25, 0.3) is 6.33 Å². The Labute approximate surface area is 388 Å². The van der Waals surface area contributed by atoms with Crippen molar-refractivity contribution in [3.8, 4) is 45.1 Å². The predicted molar refractivity (Wildman–Crippen MR) is 255 cm³/mol. The maximum atomic E-state index is 6.68. The Morgan fingerprint density at radius 1 is 0.531 bits per heavy atom. The summed E-state index contributed by atoms with van der Waals surface area (Å²) in [5.74, 6) is 1.98. The molecule has 0 fully saturated rings. The van der Waals surface area contributed by atoms with Crippen LogP contribution in [0.15, 0.2) is 206 Å². The van der Waals surface area contributed by atoms with Crippen LogP contribution in [-0.2, 0) is 21.1 Å². The zero-order valence-electron chi connectivity index (χ0n) is 35.2. The van der Waals surface area contributed by atoms with Gasteiger partial charge in [0.1, 0.15) is 5.82 Å². The first kappa shape index (κ1) is 40.6. The van der Waals surface area contributed by atoms with Gasteiger partial charge in [-0.05, 0) is 71.5 Å². The van der Waals surface area contributed by atoms with E-state index in [9.17, 15) is 0 Å². The number of hydrogen-bond donors (Lipinski definition) is 0. The molecular formula is C56H40BN5OPt-2. The van der Waals surface area contributed by atoms with Crippen LogP contribution in [0, 0.1) is 32.3 Å². The van der Waals surface area contributed by atoms with E-state index >= 15 is 0 Å². The van der Waals surface area contributed by atoms with E-state index in [0.717, 1.165) is 67.5 Å². The van der Waals surface area contributed by atoms with E-state index in [2.05, 4.69) is 215 Å². The standard InChI is InChI=1S/C56H40BN5O.Pt/c1-40-19-14-20-41(2)54(40)57-61(44-25-10-5-11-26-44)53-35-18-36-58-56(53)62(57)46-28-16-30-48(38-46)63-47-29-15-27-45(37-47)59-39-60(52-34-13-12-33-51(52)59)55-49(42-21-6-3-7-22-42)31-17-32-50(55)43-23-8-4-9-24-43;/h3-36H,1-2H3;/q-2;. The van der Waals surface area contributed by atoms with Gasteiger partial charge in [0.2, 0.25) is 0 Å². The van der Waals surface area contributed by atoms with E-state index in [1.54, 1.807) is 0 Å². The normalized spacial score (nSPS) is 12.0. The number of imidazole rings is 1. The molecule has 6 nitrogen and oxygen atoms in total. The van der Waals surface area contributed by atoms with Crippen molar-refractivity contribution < 1.29 is 30.4 Å². The molecule has 0 unspecified atom stereocenters. The summed E-state index contributed by atoms with van der Waals surface area (Å²) < 4.78 is 10.9. The SMILES string of the molecule is Cc1cccc(C)c1B1N(c2ccccc2)c2cccnc2N1c1[c-]c(Oc2[c-]c(-n3[c-][n+](-c4c(-c5ccccc5)cccc4-c4ccccc4)c4ccccc43)ccc2)ccc1.[Pt]. The molecule has 0 radical (unpaired) electrons. The van der Waals surface area contributed by atoms with Crippen molar-refractivity contribution in [3.63, 3.8) is 0 Å². The summed E-state index contributed by atoms with van der Waals surface area (Å²) in [5.41, 5.74) is 14.9. The number of aromatic nitrogens is 3. The van der Waals surface area contributed by atoms with Crippen molar-refractivity contribution in [3.05, 3.63) is 236 Å². The second kappa shape index (κ2) is 17.4. The van der Waals surface area contributed by atoms with Crippen LogP contribution in [0.4, 0.5) is 22.9 Å².